The highest BCUT2D eigenvalue weighted by molar-refractivity contribution is 7.17. The minimum absolute atomic E-state index is 0.0685. The highest BCUT2D eigenvalue weighted by Crippen LogP contribution is 2.36. The molecule has 1 fully saturated rings. The number of aromatic nitrogens is 1. The maximum atomic E-state index is 13.8. The maximum absolute atomic E-state index is 13.8. The fourth-order valence-electron chi connectivity index (χ4n) is 5.22. The summed E-state index contributed by atoms with van der Waals surface area (Å²) in [6.07, 6.45) is 4.25. The fraction of sp³-hybridized carbons (Fsp3) is 0.462. The average molecular weight is 466 g/mol. The summed E-state index contributed by atoms with van der Waals surface area (Å²) < 4.78 is 8.48. The summed E-state index contributed by atoms with van der Waals surface area (Å²) >= 11 is 1.62. The number of rotatable bonds is 5. The highest BCUT2D eigenvalue weighted by atomic mass is 32.1. The van der Waals surface area contributed by atoms with Gasteiger partial charge in [-0.2, -0.15) is 0 Å². The first-order chi connectivity index (χ1) is 15.9. The molecule has 6 nitrogen and oxygen atoms in total. The third-order valence-electron chi connectivity index (χ3n) is 7.36. The Balaban J connectivity index is 1.50. The van der Waals surface area contributed by atoms with Crippen LogP contribution in [0.2, 0.25) is 0 Å². The Labute approximate surface area is 198 Å². The first kappa shape index (κ1) is 22.0. The second kappa shape index (κ2) is 8.52. The van der Waals surface area contributed by atoms with Gasteiger partial charge in [-0.05, 0) is 73.7 Å². The normalized spacial score (nSPS) is 25.2. The molecule has 1 aliphatic heterocycles. The monoisotopic (exact) mass is 465 g/mol. The van der Waals surface area contributed by atoms with E-state index in [1.54, 1.807) is 23.3 Å². The van der Waals surface area contributed by atoms with Crippen molar-refractivity contribution in [2.75, 3.05) is 7.11 Å². The van der Waals surface area contributed by atoms with Crippen molar-refractivity contribution < 1.29 is 14.3 Å². The summed E-state index contributed by atoms with van der Waals surface area (Å²) in [7, 11) is 1.63. The molecular formula is C26H31N3O3S. The summed E-state index contributed by atoms with van der Waals surface area (Å²) in [6.45, 7) is 4.97. The average Bonchev–Trinajstić information content (AvgIpc) is 3.41. The molecule has 1 aliphatic carbocycles. The predicted molar refractivity (Wildman–Crippen MR) is 131 cm³/mol. The Hall–Kier alpha value is -2.80. The van der Waals surface area contributed by atoms with E-state index in [1.807, 2.05) is 53.3 Å². The minimum atomic E-state index is -0.996. The van der Waals surface area contributed by atoms with Crippen LogP contribution in [0.1, 0.15) is 55.6 Å². The van der Waals surface area contributed by atoms with Gasteiger partial charge in [-0.15, -0.1) is 11.3 Å². The van der Waals surface area contributed by atoms with Crippen molar-refractivity contribution in [2.24, 2.45) is 5.92 Å². The van der Waals surface area contributed by atoms with E-state index in [9.17, 15) is 9.59 Å². The number of amides is 2. The van der Waals surface area contributed by atoms with Gasteiger partial charge in [0, 0.05) is 12.6 Å². The first-order valence-electron chi connectivity index (χ1n) is 11.7. The van der Waals surface area contributed by atoms with Crippen molar-refractivity contribution in [3.05, 3.63) is 53.0 Å². The maximum Gasteiger partial charge on any atom is 0.271 e. The SMILES string of the molecule is COc1cccc(CN2C(=O)c3cc4sccc4n3C[C@@]2(C)C(=O)NC2CCC(C)CC2)c1. The van der Waals surface area contributed by atoms with E-state index in [0.29, 0.717) is 24.7 Å². The summed E-state index contributed by atoms with van der Waals surface area (Å²) in [5.74, 6) is 1.27. The molecule has 1 N–H and O–H groups in total. The molecule has 2 aromatic heterocycles. The number of nitrogens with one attached hydrogen (secondary N) is 1. The standard InChI is InChI=1S/C26H31N3O3S/c1-17-7-9-19(10-8-17)27-25(31)26(2)16-28-21-11-12-33-23(21)14-22(28)24(30)29(26)15-18-5-4-6-20(13-18)32-3/h4-6,11-14,17,19H,7-10,15-16H2,1-3H3,(H,27,31)/t17?,19?,26-/m0/s1. The van der Waals surface area contributed by atoms with Crippen LogP contribution in [0.3, 0.4) is 0 Å². The van der Waals surface area contributed by atoms with E-state index in [0.717, 1.165) is 47.2 Å². The highest BCUT2D eigenvalue weighted by Gasteiger charge is 2.48. The third kappa shape index (κ3) is 3.92. The lowest BCUT2D eigenvalue weighted by molar-refractivity contribution is -0.134. The van der Waals surface area contributed by atoms with Gasteiger partial charge in [0.1, 0.15) is 17.0 Å². The van der Waals surface area contributed by atoms with E-state index in [4.69, 9.17) is 4.74 Å². The van der Waals surface area contributed by atoms with Crippen molar-refractivity contribution in [3.8, 4) is 5.75 Å². The van der Waals surface area contributed by atoms with Crippen molar-refractivity contribution in [1.82, 2.24) is 14.8 Å². The van der Waals surface area contributed by atoms with E-state index < -0.39 is 5.54 Å². The second-order valence-electron chi connectivity index (χ2n) is 9.73. The molecule has 33 heavy (non-hydrogen) atoms. The molecular weight excluding hydrogens is 434 g/mol. The Morgan fingerprint density at radius 1 is 1.21 bits per heavy atom. The van der Waals surface area contributed by atoms with Gasteiger partial charge in [0.2, 0.25) is 5.91 Å². The van der Waals surface area contributed by atoms with Gasteiger partial charge in [-0.25, -0.2) is 0 Å². The molecule has 1 saturated carbocycles. The number of nitrogens with zero attached hydrogens (tertiary/aromatic N) is 2. The molecule has 2 amide bonds. The number of carbonyl (C=O) groups excluding carboxylic acids is 2. The van der Waals surface area contributed by atoms with Gasteiger partial charge in [-0.3, -0.25) is 9.59 Å². The molecule has 3 aromatic rings. The van der Waals surface area contributed by atoms with Crippen LogP contribution in [-0.4, -0.2) is 40.0 Å². The molecule has 0 radical (unpaired) electrons. The topological polar surface area (TPSA) is 63.6 Å². The summed E-state index contributed by atoms with van der Waals surface area (Å²) in [6, 6.07) is 11.9. The van der Waals surface area contributed by atoms with Gasteiger partial charge in [0.25, 0.3) is 5.91 Å². The number of fused-ring (bicyclic) bond motifs is 3. The van der Waals surface area contributed by atoms with E-state index >= 15 is 0 Å². The summed E-state index contributed by atoms with van der Waals surface area (Å²) in [4.78, 5) is 29.4. The van der Waals surface area contributed by atoms with Crippen LogP contribution >= 0.6 is 11.3 Å². The molecule has 1 aromatic carbocycles. The lowest BCUT2D eigenvalue weighted by atomic mass is 9.86. The van der Waals surface area contributed by atoms with Gasteiger partial charge in [0.15, 0.2) is 0 Å². The molecule has 7 heteroatoms. The van der Waals surface area contributed by atoms with E-state index in [2.05, 4.69) is 12.2 Å². The number of methoxy groups -OCH3 is 1. The van der Waals surface area contributed by atoms with Crippen LogP contribution in [0.15, 0.2) is 41.8 Å². The van der Waals surface area contributed by atoms with E-state index in [1.165, 1.54) is 0 Å². The summed E-state index contributed by atoms with van der Waals surface area (Å²) in [5, 5.41) is 5.34. The predicted octanol–water partition coefficient (Wildman–Crippen LogP) is 4.82. The molecule has 2 aliphatic rings. The number of carbonyl (C=O) groups is 2. The van der Waals surface area contributed by atoms with Gasteiger partial charge < -0.3 is 19.5 Å². The van der Waals surface area contributed by atoms with Crippen molar-refractivity contribution in [3.63, 3.8) is 0 Å². The van der Waals surface area contributed by atoms with Crippen LogP contribution < -0.4 is 10.1 Å². The Morgan fingerprint density at radius 2 is 2.00 bits per heavy atom. The second-order valence-corrected chi connectivity index (χ2v) is 10.7. The zero-order valence-corrected chi connectivity index (χ0v) is 20.3. The molecule has 174 valence electrons. The lowest BCUT2D eigenvalue weighted by Gasteiger charge is -2.45. The molecule has 0 bridgehead atoms. The molecule has 3 heterocycles. The number of hydrogen-bond acceptors (Lipinski definition) is 4. The van der Waals surface area contributed by atoms with Crippen LogP contribution in [0.5, 0.6) is 5.75 Å². The Kier molecular flexibility index (Phi) is 5.69. The Bertz CT molecular complexity index is 1190. The van der Waals surface area contributed by atoms with Crippen LogP contribution in [0.25, 0.3) is 10.2 Å². The zero-order chi connectivity index (χ0) is 23.2. The Morgan fingerprint density at radius 3 is 2.76 bits per heavy atom. The number of benzene rings is 1. The van der Waals surface area contributed by atoms with Crippen LogP contribution in [0.4, 0.5) is 0 Å². The lowest BCUT2D eigenvalue weighted by Crippen LogP contribution is -2.64. The minimum Gasteiger partial charge on any atom is -0.497 e. The van der Waals surface area contributed by atoms with Gasteiger partial charge in [0.05, 0.1) is 23.9 Å². The largest absolute Gasteiger partial charge is 0.497 e. The number of hydrogen-bond donors (Lipinski definition) is 1. The number of thiophene rings is 1. The molecule has 5 rings (SSSR count). The zero-order valence-electron chi connectivity index (χ0n) is 19.5. The van der Waals surface area contributed by atoms with Gasteiger partial charge >= 0.3 is 0 Å². The van der Waals surface area contributed by atoms with Crippen LogP contribution in [0, 0.1) is 5.92 Å². The number of ether oxygens (including phenoxy) is 1. The van der Waals surface area contributed by atoms with Crippen molar-refractivity contribution in [1.29, 1.82) is 0 Å². The smallest absolute Gasteiger partial charge is 0.271 e. The van der Waals surface area contributed by atoms with Gasteiger partial charge in [-0.1, -0.05) is 19.1 Å². The van der Waals surface area contributed by atoms with E-state index in [-0.39, 0.29) is 17.9 Å². The fourth-order valence-corrected chi connectivity index (χ4v) is 6.04. The quantitative estimate of drug-likeness (QED) is 0.588. The molecule has 0 unspecified atom stereocenters. The van der Waals surface area contributed by atoms with Crippen LogP contribution in [-0.2, 0) is 17.9 Å². The van der Waals surface area contributed by atoms with Crippen molar-refractivity contribution in [2.45, 2.75) is 64.2 Å². The molecule has 0 spiro atoms. The third-order valence-corrected chi connectivity index (χ3v) is 8.22. The molecule has 0 saturated heterocycles. The summed E-state index contributed by atoms with van der Waals surface area (Å²) in [5.41, 5.74) is 1.62. The molecule has 1 atom stereocenters. The van der Waals surface area contributed by atoms with Crippen molar-refractivity contribution >= 4 is 33.4 Å². The first-order valence-corrected chi connectivity index (χ1v) is 12.6.